The minimum absolute atomic E-state index is 0.198. The summed E-state index contributed by atoms with van der Waals surface area (Å²) in [6.45, 7) is 3.79. The topological polar surface area (TPSA) is 55.1 Å². The van der Waals surface area contributed by atoms with E-state index in [2.05, 4.69) is 21.2 Å². The van der Waals surface area contributed by atoms with Crippen LogP contribution in [0, 0.1) is 19.7 Å². The molecular weight excluding hydrogens is 323 g/mol. The lowest BCUT2D eigenvalue weighted by Gasteiger charge is -2.12. The van der Waals surface area contributed by atoms with Crippen LogP contribution in [0.4, 0.5) is 15.8 Å². The number of hydrogen-bond donors (Lipinski definition) is 2. The molecule has 0 atom stereocenters. The zero-order valence-corrected chi connectivity index (χ0v) is 12.7. The molecule has 2 aromatic rings. The van der Waals surface area contributed by atoms with Crippen molar-refractivity contribution in [2.75, 3.05) is 11.1 Å². The van der Waals surface area contributed by atoms with E-state index in [1.807, 2.05) is 26.0 Å². The van der Waals surface area contributed by atoms with Gasteiger partial charge in [0, 0.05) is 21.4 Å². The third-order valence-corrected chi connectivity index (χ3v) is 3.38. The van der Waals surface area contributed by atoms with Gasteiger partial charge in [-0.2, -0.15) is 0 Å². The fraction of sp³-hybridized carbons (Fsp3) is 0.133. The van der Waals surface area contributed by atoms with Crippen LogP contribution in [0.1, 0.15) is 21.5 Å². The Labute approximate surface area is 125 Å². The van der Waals surface area contributed by atoms with E-state index in [-0.39, 0.29) is 17.2 Å². The van der Waals surface area contributed by atoms with Crippen LogP contribution in [-0.2, 0) is 0 Å². The second kappa shape index (κ2) is 5.63. The summed E-state index contributed by atoms with van der Waals surface area (Å²) < 4.78 is 14.2. The molecule has 0 aliphatic rings. The normalized spacial score (nSPS) is 10.4. The third-order valence-electron chi connectivity index (χ3n) is 2.92. The van der Waals surface area contributed by atoms with E-state index in [9.17, 15) is 9.18 Å². The molecule has 0 saturated heterocycles. The molecule has 1 amide bonds. The van der Waals surface area contributed by atoms with Gasteiger partial charge in [0.25, 0.3) is 5.91 Å². The molecule has 104 valence electrons. The molecule has 0 saturated carbocycles. The summed E-state index contributed by atoms with van der Waals surface area (Å²) in [4.78, 5) is 12.2. The highest BCUT2D eigenvalue weighted by Gasteiger charge is 2.12. The number of nitrogen functional groups attached to an aromatic ring is 1. The highest BCUT2D eigenvalue weighted by atomic mass is 79.9. The van der Waals surface area contributed by atoms with Gasteiger partial charge in [-0.05, 0) is 55.3 Å². The van der Waals surface area contributed by atoms with Crippen LogP contribution in [0.2, 0.25) is 0 Å². The molecule has 0 heterocycles. The first kappa shape index (κ1) is 14.5. The van der Waals surface area contributed by atoms with Crippen molar-refractivity contribution in [3.8, 4) is 0 Å². The number of carbonyl (C=O) groups is 1. The highest BCUT2D eigenvalue weighted by Crippen LogP contribution is 2.25. The smallest absolute Gasteiger partial charge is 0.255 e. The van der Waals surface area contributed by atoms with E-state index in [1.165, 1.54) is 12.1 Å². The predicted molar refractivity (Wildman–Crippen MR) is 82.4 cm³/mol. The first-order chi connectivity index (χ1) is 9.36. The number of nitrogens with one attached hydrogen (secondary N) is 1. The van der Waals surface area contributed by atoms with E-state index < -0.39 is 5.82 Å². The molecule has 0 radical (unpaired) electrons. The molecule has 3 nitrogen and oxygen atoms in total. The van der Waals surface area contributed by atoms with Gasteiger partial charge < -0.3 is 11.1 Å². The van der Waals surface area contributed by atoms with E-state index >= 15 is 0 Å². The first-order valence-electron chi connectivity index (χ1n) is 6.01. The second-order valence-electron chi connectivity index (χ2n) is 4.64. The quantitative estimate of drug-likeness (QED) is 0.813. The highest BCUT2D eigenvalue weighted by molar-refractivity contribution is 9.10. The van der Waals surface area contributed by atoms with E-state index in [1.54, 1.807) is 0 Å². The Balaban J connectivity index is 2.32. The molecule has 0 aromatic heterocycles. The molecule has 5 heteroatoms. The van der Waals surface area contributed by atoms with Gasteiger partial charge in [0.2, 0.25) is 0 Å². The van der Waals surface area contributed by atoms with E-state index in [0.29, 0.717) is 0 Å². The Morgan fingerprint density at radius 3 is 2.30 bits per heavy atom. The van der Waals surface area contributed by atoms with Gasteiger partial charge in [0.15, 0.2) is 0 Å². The molecule has 0 fully saturated rings. The molecule has 0 bridgehead atoms. The molecule has 3 N–H and O–H groups in total. The van der Waals surface area contributed by atoms with Crippen LogP contribution >= 0.6 is 15.9 Å². The fourth-order valence-corrected chi connectivity index (χ4v) is 2.72. The van der Waals surface area contributed by atoms with Crippen LogP contribution < -0.4 is 11.1 Å². The number of halogens is 2. The van der Waals surface area contributed by atoms with Crippen molar-refractivity contribution in [1.29, 1.82) is 0 Å². The number of rotatable bonds is 2. The Morgan fingerprint density at radius 1 is 1.15 bits per heavy atom. The molecular formula is C15H14BrFN2O. The van der Waals surface area contributed by atoms with E-state index in [0.717, 1.165) is 27.4 Å². The number of anilines is 2. The Kier molecular flexibility index (Phi) is 4.09. The minimum Gasteiger partial charge on any atom is -0.399 e. The molecule has 0 unspecified atom stereocenters. The average Bonchev–Trinajstić information content (AvgIpc) is 2.32. The van der Waals surface area contributed by atoms with Crippen molar-refractivity contribution in [2.45, 2.75) is 13.8 Å². The Morgan fingerprint density at radius 2 is 1.75 bits per heavy atom. The molecule has 2 rings (SSSR count). The summed E-state index contributed by atoms with van der Waals surface area (Å²) in [5.41, 5.74) is 8.54. The van der Waals surface area contributed by atoms with Crippen molar-refractivity contribution < 1.29 is 9.18 Å². The zero-order chi connectivity index (χ0) is 14.9. The van der Waals surface area contributed by atoms with Crippen LogP contribution in [0.5, 0.6) is 0 Å². The van der Waals surface area contributed by atoms with Gasteiger partial charge in [-0.15, -0.1) is 0 Å². The summed E-state index contributed by atoms with van der Waals surface area (Å²) in [5, 5.41) is 2.79. The lowest BCUT2D eigenvalue weighted by Crippen LogP contribution is -2.14. The third kappa shape index (κ3) is 3.17. The maximum atomic E-state index is 13.3. The minimum atomic E-state index is -0.528. The molecule has 0 aliphatic carbocycles. The van der Waals surface area contributed by atoms with Gasteiger partial charge in [0.05, 0.1) is 0 Å². The summed E-state index contributed by atoms with van der Waals surface area (Å²) in [7, 11) is 0. The van der Waals surface area contributed by atoms with Gasteiger partial charge in [-0.3, -0.25) is 4.79 Å². The van der Waals surface area contributed by atoms with Crippen LogP contribution in [0.25, 0.3) is 0 Å². The van der Waals surface area contributed by atoms with Crippen LogP contribution in [0.15, 0.2) is 34.8 Å². The lowest BCUT2D eigenvalue weighted by atomic mass is 10.1. The molecule has 0 aliphatic heterocycles. The largest absolute Gasteiger partial charge is 0.399 e. The summed E-state index contributed by atoms with van der Waals surface area (Å²) in [6.07, 6.45) is 0. The maximum Gasteiger partial charge on any atom is 0.255 e. The van der Waals surface area contributed by atoms with Crippen molar-refractivity contribution in [3.05, 3.63) is 57.3 Å². The van der Waals surface area contributed by atoms with Crippen molar-refractivity contribution in [2.24, 2.45) is 0 Å². The fourth-order valence-electron chi connectivity index (χ4n) is 2.04. The Bertz CT molecular complexity index is 642. The van der Waals surface area contributed by atoms with Gasteiger partial charge in [-0.1, -0.05) is 15.9 Å². The lowest BCUT2D eigenvalue weighted by molar-refractivity contribution is 0.102. The maximum absolute atomic E-state index is 13.3. The van der Waals surface area contributed by atoms with Gasteiger partial charge in [-0.25, -0.2) is 4.39 Å². The van der Waals surface area contributed by atoms with Crippen LogP contribution in [-0.4, -0.2) is 5.91 Å². The number of benzene rings is 2. The van der Waals surface area contributed by atoms with Gasteiger partial charge in [0.1, 0.15) is 5.82 Å². The van der Waals surface area contributed by atoms with Crippen LogP contribution in [0.3, 0.4) is 0 Å². The standard InChI is InChI=1S/C15H14BrFN2O/c1-8-3-11(16)4-9(2)14(8)19-15(20)10-5-12(17)7-13(18)6-10/h3-7H,18H2,1-2H3,(H,19,20). The van der Waals surface area contributed by atoms with Crippen molar-refractivity contribution in [3.63, 3.8) is 0 Å². The second-order valence-corrected chi connectivity index (χ2v) is 5.56. The number of aryl methyl sites for hydroxylation is 2. The number of carbonyl (C=O) groups excluding carboxylic acids is 1. The number of amides is 1. The summed E-state index contributed by atoms with van der Waals surface area (Å²) in [5.74, 6) is -0.913. The van der Waals surface area contributed by atoms with E-state index in [4.69, 9.17) is 5.73 Å². The molecule has 0 spiro atoms. The zero-order valence-electron chi connectivity index (χ0n) is 11.1. The number of nitrogens with two attached hydrogens (primary N) is 1. The summed E-state index contributed by atoms with van der Waals surface area (Å²) in [6, 6.07) is 7.59. The molecule has 20 heavy (non-hydrogen) atoms. The van der Waals surface area contributed by atoms with Crippen molar-refractivity contribution >= 4 is 33.2 Å². The van der Waals surface area contributed by atoms with Crippen molar-refractivity contribution in [1.82, 2.24) is 0 Å². The first-order valence-corrected chi connectivity index (χ1v) is 6.80. The number of hydrogen-bond acceptors (Lipinski definition) is 2. The summed E-state index contributed by atoms with van der Waals surface area (Å²) >= 11 is 3.40. The average molecular weight is 337 g/mol. The predicted octanol–water partition coefficient (Wildman–Crippen LogP) is 4.04. The SMILES string of the molecule is Cc1cc(Br)cc(C)c1NC(=O)c1cc(N)cc(F)c1. The monoisotopic (exact) mass is 336 g/mol. The van der Waals surface area contributed by atoms with Gasteiger partial charge >= 0.3 is 0 Å². The Hall–Kier alpha value is -1.88. The molecule has 2 aromatic carbocycles.